The molecular weight excluding hydrogens is 239 g/mol. The second-order valence-corrected chi connectivity index (χ2v) is 9.52. The van der Waals surface area contributed by atoms with Crippen molar-refractivity contribution < 1.29 is 19.8 Å². The molecule has 0 aliphatic rings. The van der Waals surface area contributed by atoms with E-state index in [4.69, 9.17) is 0 Å². The zero-order chi connectivity index (χ0) is 13.5. The second kappa shape index (κ2) is 7.65. The summed E-state index contributed by atoms with van der Waals surface area (Å²) in [6.07, 6.45) is 5.05. The van der Waals surface area contributed by atoms with Gasteiger partial charge in [0.05, 0.1) is 0 Å². The first-order valence-electron chi connectivity index (χ1n) is 6.40. The summed E-state index contributed by atoms with van der Waals surface area (Å²) in [4.78, 5) is 22.5. The Morgan fingerprint density at radius 2 is 1.18 bits per heavy atom. The van der Waals surface area contributed by atoms with Crippen LogP contribution in [0.15, 0.2) is 0 Å². The molecule has 0 heterocycles. The molecule has 0 aliphatic carbocycles. The van der Waals surface area contributed by atoms with Gasteiger partial charge in [0.25, 0.3) is 0 Å². The van der Waals surface area contributed by atoms with Crippen molar-refractivity contribution in [3.8, 4) is 0 Å². The van der Waals surface area contributed by atoms with Crippen LogP contribution >= 0.6 is 7.26 Å². The van der Waals surface area contributed by atoms with Crippen LogP contribution in [0.5, 0.6) is 0 Å². The number of aliphatic carboxylic acids is 2. The Morgan fingerprint density at radius 3 is 1.35 bits per heavy atom. The van der Waals surface area contributed by atoms with E-state index < -0.39 is 24.9 Å². The van der Waals surface area contributed by atoms with Crippen molar-refractivity contribution in [3.05, 3.63) is 0 Å². The zero-order valence-corrected chi connectivity index (χ0v) is 12.0. The van der Waals surface area contributed by atoms with E-state index in [9.17, 15) is 19.8 Å². The van der Waals surface area contributed by atoms with Crippen LogP contribution in [0.25, 0.3) is 0 Å². The van der Waals surface area contributed by atoms with Gasteiger partial charge in [0, 0.05) is 0 Å². The van der Waals surface area contributed by atoms with Crippen molar-refractivity contribution in [2.24, 2.45) is 0 Å². The molecule has 0 atom stereocenters. The molecule has 2 N–H and O–H groups in total. The fraction of sp³-hybridized carbons (Fsp3) is 0.833. The van der Waals surface area contributed by atoms with Gasteiger partial charge in [0.15, 0.2) is 0 Å². The molecule has 0 unspecified atom stereocenters. The van der Waals surface area contributed by atoms with E-state index in [1.54, 1.807) is 0 Å². The molecule has 0 fully saturated rings. The zero-order valence-electron chi connectivity index (χ0n) is 11.0. The Hall–Kier alpha value is -0.630. The van der Waals surface area contributed by atoms with Crippen molar-refractivity contribution in [2.45, 2.75) is 45.7 Å². The van der Waals surface area contributed by atoms with E-state index in [1.807, 2.05) is 20.8 Å². The summed E-state index contributed by atoms with van der Waals surface area (Å²) in [5.74, 6) is -2.28. The molecule has 0 aliphatic heterocycles. The maximum absolute atomic E-state index is 11.3. The SMILES string of the molecule is CCC[PH](CCC)(CCC)C(C(=O)O)C(=O)O. The quantitative estimate of drug-likeness (QED) is 0.495. The molecule has 0 radical (unpaired) electrons. The van der Waals surface area contributed by atoms with E-state index >= 15 is 0 Å². The summed E-state index contributed by atoms with van der Waals surface area (Å²) >= 11 is 0. The van der Waals surface area contributed by atoms with Gasteiger partial charge in [-0.25, -0.2) is 0 Å². The van der Waals surface area contributed by atoms with Gasteiger partial charge in [-0.2, -0.15) is 0 Å². The first kappa shape index (κ1) is 16.4. The molecule has 0 saturated carbocycles. The Balaban J connectivity index is 5.32. The molecule has 4 nitrogen and oxygen atoms in total. The Kier molecular flexibility index (Phi) is 7.37. The van der Waals surface area contributed by atoms with Gasteiger partial charge in [-0.1, -0.05) is 0 Å². The first-order chi connectivity index (χ1) is 7.95. The Labute approximate surface area is 104 Å². The number of carbonyl (C=O) groups is 2. The van der Waals surface area contributed by atoms with Gasteiger partial charge < -0.3 is 0 Å². The van der Waals surface area contributed by atoms with Crippen molar-refractivity contribution in [1.82, 2.24) is 0 Å². The van der Waals surface area contributed by atoms with E-state index in [-0.39, 0.29) is 0 Å². The molecule has 0 spiro atoms. The molecule has 102 valence electrons. The van der Waals surface area contributed by atoms with E-state index in [0.29, 0.717) is 0 Å². The van der Waals surface area contributed by atoms with Gasteiger partial charge in [0.2, 0.25) is 0 Å². The van der Waals surface area contributed by atoms with Crippen LogP contribution < -0.4 is 0 Å². The molecular formula is C12H25O4P. The van der Waals surface area contributed by atoms with Crippen LogP contribution in [0.3, 0.4) is 0 Å². The Morgan fingerprint density at radius 1 is 0.882 bits per heavy atom. The predicted octanol–water partition coefficient (Wildman–Crippen LogP) is 2.50. The topological polar surface area (TPSA) is 74.6 Å². The fourth-order valence-electron chi connectivity index (χ4n) is 2.93. The summed E-state index contributed by atoms with van der Waals surface area (Å²) in [5.41, 5.74) is -1.14. The summed E-state index contributed by atoms with van der Waals surface area (Å²) < 4.78 is 0. The van der Waals surface area contributed by atoms with E-state index in [0.717, 1.165) is 37.7 Å². The first-order valence-corrected chi connectivity index (χ1v) is 9.10. The van der Waals surface area contributed by atoms with Gasteiger partial charge in [-0.15, -0.1) is 0 Å². The average Bonchev–Trinajstić information content (AvgIpc) is 2.17. The number of hydrogen-bond donors (Lipinski definition) is 2. The third-order valence-electron chi connectivity index (χ3n) is 3.35. The summed E-state index contributed by atoms with van der Waals surface area (Å²) in [7, 11) is -2.25. The minimum atomic E-state index is -2.25. The molecule has 0 aromatic carbocycles. The second-order valence-electron chi connectivity index (χ2n) is 4.72. The minimum absolute atomic E-state index is 0.804. The van der Waals surface area contributed by atoms with E-state index in [2.05, 4.69) is 0 Å². The Bertz CT molecular complexity index is 234. The number of rotatable bonds is 9. The maximum atomic E-state index is 11.3. The standard InChI is InChI=1S/C12H25O4P/c1-4-7-17(8-5-2,9-6-3)10(11(13)14)12(15)16/h10,17H,4-9H2,1-3H3,(H,13,14)(H,15,16). The van der Waals surface area contributed by atoms with Crippen LogP contribution in [0.2, 0.25) is 0 Å². The molecule has 0 bridgehead atoms. The molecule has 5 heteroatoms. The summed E-state index contributed by atoms with van der Waals surface area (Å²) in [6, 6.07) is 0. The van der Waals surface area contributed by atoms with Crippen LogP contribution in [0.4, 0.5) is 0 Å². The molecule has 0 amide bonds. The van der Waals surface area contributed by atoms with Gasteiger partial charge in [-0.3, -0.25) is 0 Å². The van der Waals surface area contributed by atoms with Crippen molar-refractivity contribution in [3.63, 3.8) is 0 Å². The molecule has 0 rings (SSSR count). The van der Waals surface area contributed by atoms with Crippen molar-refractivity contribution in [2.75, 3.05) is 18.5 Å². The number of carboxylic acid groups (broad SMARTS) is 2. The molecule has 17 heavy (non-hydrogen) atoms. The van der Waals surface area contributed by atoms with Crippen molar-refractivity contribution >= 4 is 19.2 Å². The van der Waals surface area contributed by atoms with Gasteiger partial charge in [0.1, 0.15) is 0 Å². The van der Waals surface area contributed by atoms with E-state index in [1.165, 1.54) is 0 Å². The van der Waals surface area contributed by atoms with Gasteiger partial charge in [-0.05, 0) is 0 Å². The van der Waals surface area contributed by atoms with Gasteiger partial charge >= 0.3 is 103 Å². The normalized spacial score (nSPS) is 12.7. The van der Waals surface area contributed by atoms with Crippen LogP contribution in [0.1, 0.15) is 40.0 Å². The summed E-state index contributed by atoms with van der Waals surface area (Å²) in [5, 5.41) is 18.4. The summed E-state index contributed by atoms with van der Waals surface area (Å²) in [6.45, 7) is 6.02. The van der Waals surface area contributed by atoms with Crippen LogP contribution in [-0.2, 0) is 9.59 Å². The van der Waals surface area contributed by atoms with Crippen LogP contribution in [-0.4, -0.2) is 46.3 Å². The molecule has 0 saturated heterocycles. The average molecular weight is 264 g/mol. The van der Waals surface area contributed by atoms with Crippen LogP contribution in [0, 0.1) is 0 Å². The van der Waals surface area contributed by atoms with Crippen molar-refractivity contribution in [1.29, 1.82) is 0 Å². The number of hydrogen-bond acceptors (Lipinski definition) is 2. The number of carboxylic acids is 2. The molecule has 0 aromatic rings. The predicted molar refractivity (Wildman–Crippen MR) is 72.8 cm³/mol. The third kappa shape index (κ3) is 4.27. The fourth-order valence-corrected chi connectivity index (χ4v) is 8.58. The monoisotopic (exact) mass is 264 g/mol. The molecule has 0 aromatic heterocycles. The third-order valence-corrected chi connectivity index (χ3v) is 9.56.